The number of benzene rings is 1. The minimum absolute atomic E-state index is 0.154. The standard InChI is InChI=1S/C17H16FN3O3/c1-11-5-6-15(24-11)9-19-17(22)16-8-13(20-21-16)10-23-14-4-2-3-12(18)7-14/h2-8H,9-10H2,1H3,(H,19,22)(H,20,21). The molecule has 0 aliphatic carbocycles. The lowest BCUT2D eigenvalue weighted by atomic mass is 10.3. The minimum atomic E-state index is -0.370. The largest absolute Gasteiger partial charge is 0.487 e. The summed E-state index contributed by atoms with van der Waals surface area (Å²) in [5, 5.41) is 9.38. The summed E-state index contributed by atoms with van der Waals surface area (Å²) in [6.07, 6.45) is 0. The molecule has 0 fully saturated rings. The second-order valence-electron chi connectivity index (χ2n) is 5.22. The van der Waals surface area contributed by atoms with Gasteiger partial charge in [0.25, 0.3) is 5.91 Å². The molecule has 1 amide bonds. The van der Waals surface area contributed by atoms with Gasteiger partial charge in [-0.1, -0.05) is 6.07 Å². The summed E-state index contributed by atoms with van der Waals surface area (Å²) >= 11 is 0. The number of ether oxygens (including phenoxy) is 1. The summed E-state index contributed by atoms with van der Waals surface area (Å²) in [6.45, 7) is 2.28. The highest BCUT2D eigenvalue weighted by molar-refractivity contribution is 5.92. The van der Waals surface area contributed by atoms with E-state index in [1.165, 1.54) is 12.1 Å². The summed E-state index contributed by atoms with van der Waals surface area (Å²) in [5.41, 5.74) is 0.856. The molecule has 0 bridgehead atoms. The Kier molecular flexibility index (Phi) is 4.60. The van der Waals surface area contributed by atoms with Gasteiger partial charge in [-0.25, -0.2) is 4.39 Å². The van der Waals surface area contributed by atoms with Crippen LogP contribution in [-0.2, 0) is 13.2 Å². The summed E-state index contributed by atoms with van der Waals surface area (Å²) in [4.78, 5) is 12.0. The van der Waals surface area contributed by atoms with E-state index in [0.29, 0.717) is 17.2 Å². The van der Waals surface area contributed by atoms with E-state index in [0.717, 1.165) is 5.76 Å². The zero-order chi connectivity index (χ0) is 16.9. The Morgan fingerprint density at radius 2 is 2.21 bits per heavy atom. The lowest BCUT2D eigenvalue weighted by Gasteiger charge is -2.03. The van der Waals surface area contributed by atoms with Gasteiger partial charge in [-0.05, 0) is 37.3 Å². The molecule has 124 valence electrons. The van der Waals surface area contributed by atoms with Crippen LogP contribution in [0.25, 0.3) is 0 Å². The lowest BCUT2D eigenvalue weighted by Crippen LogP contribution is -2.22. The van der Waals surface area contributed by atoms with Crippen LogP contribution in [-0.4, -0.2) is 16.1 Å². The van der Waals surface area contributed by atoms with Crippen molar-refractivity contribution in [1.29, 1.82) is 0 Å². The van der Waals surface area contributed by atoms with Crippen molar-refractivity contribution in [2.75, 3.05) is 0 Å². The van der Waals surface area contributed by atoms with Crippen LogP contribution in [0.3, 0.4) is 0 Å². The number of hydrogen-bond acceptors (Lipinski definition) is 4. The summed E-state index contributed by atoms with van der Waals surface area (Å²) in [7, 11) is 0. The van der Waals surface area contributed by atoms with Crippen LogP contribution in [0.5, 0.6) is 5.75 Å². The second kappa shape index (κ2) is 6.99. The van der Waals surface area contributed by atoms with Crippen molar-refractivity contribution < 1.29 is 18.3 Å². The third-order valence-corrected chi connectivity index (χ3v) is 3.27. The number of aromatic amines is 1. The van der Waals surface area contributed by atoms with Crippen molar-refractivity contribution in [3.8, 4) is 5.75 Å². The molecule has 0 atom stereocenters. The van der Waals surface area contributed by atoms with Crippen LogP contribution in [0.15, 0.2) is 46.9 Å². The molecule has 2 aromatic heterocycles. The van der Waals surface area contributed by atoms with Gasteiger partial charge in [0.05, 0.1) is 12.2 Å². The van der Waals surface area contributed by atoms with Crippen LogP contribution in [0.1, 0.15) is 27.7 Å². The van der Waals surface area contributed by atoms with Crippen molar-refractivity contribution in [2.24, 2.45) is 0 Å². The fourth-order valence-electron chi connectivity index (χ4n) is 2.11. The topological polar surface area (TPSA) is 80.1 Å². The summed E-state index contributed by atoms with van der Waals surface area (Å²) in [6, 6.07) is 11.1. The molecule has 7 heteroatoms. The molecule has 2 heterocycles. The average Bonchev–Trinajstić information content (AvgIpc) is 3.20. The first-order valence-corrected chi connectivity index (χ1v) is 7.36. The van der Waals surface area contributed by atoms with Crippen LogP contribution >= 0.6 is 0 Å². The van der Waals surface area contributed by atoms with E-state index in [1.807, 2.05) is 13.0 Å². The number of furan rings is 1. The Morgan fingerprint density at radius 1 is 1.33 bits per heavy atom. The number of carbonyl (C=O) groups excluding carboxylic acids is 1. The maximum atomic E-state index is 13.1. The van der Waals surface area contributed by atoms with Gasteiger partial charge in [0.1, 0.15) is 35.4 Å². The number of halogens is 1. The molecule has 0 aliphatic heterocycles. The van der Waals surface area contributed by atoms with Gasteiger partial charge in [0.15, 0.2) is 0 Å². The van der Waals surface area contributed by atoms with Crippen molar-refractivity contribution in [3.63, 3.8) is 0 Å². The average molecular weight is 329 g/mol. The zero-order valence-electron chi connectivity index (χ0n) is 13.0. The van der Waals surface area contributed by atoms with Gasteiger partial charge in [-0.2, -0.15) is 5.10 Å². The van der Waals surface area contributed by atoms with Crippen molar-refractivity contribution in [2.45, 2.75) is 20.1 Å². The predicted octanol–water partition coefficient (Wildman–Crippen LogP) is 2.96. The highest BCUT2D eigenvalue weighted by atomic mass is 19.1. The third-order valence-electron chi connectivity index (χ3n) is 3.27. The number of carbonyl (C=O) groups is 1. The SMILES string of the molecule is Cc1ccc(CNC(=O)c2cc(COc3cccc(F)c3)[nH]n2)o1. The van der Waals surface area contributed by atoms with Crippen LogP contribution in [0, 0.1) is 12.7 Å². The molecular weight excluding hydrogens is 313 g/mol. The molecule has 0 spiro atoms. The summed E-state index contributed by atoms with van der Waals surface area (Å²) in [5.74, 6) is 1.17. The number of aromatic nitrogens is 2. The van der Waals surface area contributed by atoms with Gasteiger partial charge >= 0.3 is 0 Å². The minimum Gasteiger partial charge on any atom is -0.487 e. The molecule has 1 aromatic carbocycles. The monoisotopic (exact) mass is 329 g/mol. The van der Waals surface area contributed by atoms with Crippen molar-refractivity contribution >= 4 is 5.91 Å². The fraction of sp³-hybridized carbons (Fsp3) is 0.176. The molecule has 0 saturated carbocycles. The predicted molar refractivity (Wildman–Crippen MR) is 83.9 cm³/mol. The highest BCUT2D eigenvalue weighted by Crippen LogP contribution is 2.14. The Hall–Kier alpha value is -3.09. The smallest absolute Gasteiger partial charge is 0.272 e. The van der Waals surface area contributed by atoms with E-state index in [9.17, 15) is 9.18 Å². The summed E-state index contributed by atoms with van der Waals surface area (Å²) < 4.78 is 23.9. The highest BCUT2D eigenvalue weighted by Gasteiger charge is 2.11. The molecule has 0 radical (unpaired) electrons. The molecule has 24 heavy (non-hydrogen) atoms. The second-order valence-corrected chi connectivity index (χ2v) is 5.22. The van der Waals surface area contributed by atoms with Gasteiger partial charge < -0.3 is 14.5 Å². The zero-order valence-corrected chi connectivity index (χ0v) is 13.0. The molecule has 2 N–H and O–H groups in total. The number of nitrogens with zero attached hydrogens (tertiary/aromatic N) is 1. The molecule has 0 aliphatic rings. The molecule has 0 saturated heterocycles. The van der Waals surface area contributed by atoms with Crippen molar-refractivity contribution in [1.82, 2.24) is 15.5 Å². The van der Waals surface area contributed by atoms with Crippen molar-refractivity contribution in [3.05, 3.63) is 71.2 Å². The van der Waals surface area contributed by atoms with Gasteiger partial charge in [-0.15, -0.1) is 0 Å². The van der Waals surface area contributed by atoms with Crippen LogP contribution in [0.4, 0.5) is 4.39 Å². The van der Waals surface area contributed by atoms with E-state index >= 15 is 0 Å². The molecule has 0 unspecified atom stereocenters. The molecule has 6 nitrogen and oxygen atoms in total. The Morgan fingerprint density at radius 3 is 2.96 bits per heavy atom. The first-order chi connectivity index (χ1) is 11.6. The number of amides is 1. The molecular formula is C17H16FN3O3. The van der Waals surface area contributed by atoms with E-state index in [4.69, 9.17) is 9.15 Å². The van der Waals surface area contributed by atoms with Gasteiger partial charge in [-0.3, -0.25) is 9.89 Å². The van der Waals surface area contributed by atoms with Crippen LogP contribution in [0.2, 0.25) is 0 Å². The Bertz CT molecular complexity index is 841. The molecule has 3 rings (SSSR count). The maximum absolute atomic E-state index is 13.1. The fourth-order valence-corrected chi connectivity index (χ4v) is 2.11. The first kappa shape index (κ1) is 15.8. The number of nitrogens with one attached hydrogen (secondary N) is 2. The number of hydrogen-bond donors (Lipinski definition) is 2. The molecule has 3 aromatic rings. The Labute approximate surface area is 137 Å². The third kappa shape index (κ3) is 4.01. The van der Waals surface area contributed by atoms with Crippen LogP contribution < -0.4 is 10.1 Å². The quantitative estimate of drug-likeness (QED) is 0.728. The van der Waals surface area contributed by atoms with Gasteiger partial charge in [0, 0.05) is 6.07 Å². The van der Waals surface area contributed by atoms with E-state index in [-0.39, 0.29) is 30.6 Å². The first-order valence-electron chi connectivity index (χ1n) is 7.36. The van der Waals surface area contributed by atoms with E-state index in [2.05, 4.69) is 15.5 Å². The lowest BCUT2D eigenvalue weighted by molar-refractivity contribution is 0.0943. The van der Waals surface area contributed by atoms with Gasteiger partial charge in [0.2, 0.25) is 0 Å². The van der Waals surface area contributed by atoms with E-state index in [1.54, 1.807) is 24.3 Å². The number of aryl methyl sites for hydroxylation is 1. The number of H-pyrrole nitrogens is 1. The maximum Gasteiger partial charge on any atom is 0.272 e. The number of rotatable bonds is 6. The Balaban J connectivity index is 1.53. The normalized spacial score (nSPS) is 10.6. The van der Waals surface area contributed by atoms with E-state index < -0.39 is 0 Å².